The Balaban J connectivity index is 2.55. The van der Waals surface area contributed by atoms with Crippen LogP contribution in [-0.4, -0.2) is 20.3 Å². The molecule has 0 radical (unpaired) electrons. The number of benzene rings is 1. The van der Waals surface area contributed by atoms with Crippen LogP contribution in [0, 0.1) is 0 Å². The summed E-state index contributed by atoms with van der Waals surface area (Å²) < 4.78 is 15.3. The van der Waals surface area contributed by atoms with Gasteiger partial charge in [0.25, 0.3) is 0 Å². The molecule has 0 spiro atoms. The Morgan fingerprint density at radius 1 is 1.31 bits per heavy atom. The van der Waals surface area contributed by atoms with Gasteiger partial charge in [0.1, 0.15) is 16.7 Å². The quantitative estimate of drug-likeness (QED) is 0.824. The van der Waals surface area contributed by atoms with Gasteiger partial charge in [-0.25, -0.2) is 4.21 Å². The molecule has 0 unspecified atom stereocenters. The van der Waals surface area contributed by atoms with Gasteiger partial charge in [-0.2, -0.15) is 4.40 Å². The van der Waals surface area contributed by atoms with Gasteiger partial charge in [0.2, 0.25) is 0 Å². The molecule has 88 valence electrons. The fraction of sp³-hybridized carbons (Fsp3) is 0.417. The lowest BCUT2D eigenvalue weighted by Crippen LogP contribution is -2.19. The number of hydrogen-bond donors (Lipinski definition) is 1. The molecular weight excluding hydrogens is 222 g/mol. The van der Waals surface area contributed by atoms with Crippen molar-refractivity contribution in [1.82, 2.24) is 0 Å². The first kappa shape index (κ1) is 12.9. The van der Waals surface area contributed by atoms with E-state index in [2.05, 4.69) is 4.40 Å². The molecule has 1 rings (SSSR count). The number of phenols is 1. The molecule has 16 heavy (non-hydrogen) atoms. The summed E-state index contributed by atoms with van der Waals surface area (Å²) in [6.07, 6.45) is 2.29. The zero-order valence-corrected chi connectivity index (χ0v) is 10.6. The summed E-state index contributed by atoms with van der Waals surface area (Å²) in [6, 6.07) is 6.90. The van der Waals surface area contributed by atoms with E-state index < -0.39 is 11.0 Å². The molecule has 1 aromatic rings. The molecule has 0 amide bonds. The van der Waals surface area contributed by atoms with Gasteiger partial charge in [0, 0.05) is 12.6 Å². The predicted molar refractivity (Wildman–Crippen MR) is 68.2 cm³/mol. The van der Waals surface area contributed by atoms with Crippen molar-refractivity contribution in [2.45, 2.75) is 31.9 Å². The summed E-state index contributed by atoms with van der Waals surface area (Å²) >= 11 is 0. The second-order valence-electron chi connectivity index (χ2n) is 4.52. The second kappa shape index (κ2) is 5.25. The molecule has 1 atom stereocenters. The molecule has 0 fully saturated rings. The topological polar surface area (TPSA) is 49.7 Å². The highest BCUT2D eigenvalue weighted by Gasteiger charge is 2.17. The highest BCUT2D eigenvalue weighted by Crippen LogP contribution is 2.12. The summed E-state index contributed by atoms with van der Waals surface area (Å²) in [4.78, 5) is 0. The molecule has 0 aliphatic rings. The molecule has 0 aliphatic heterocycles. The Hall–Kier alpha value is -1.16. The molecule has 1 N–H and O–H groups in total. The van der Waals surface area contributed by atoms with Gasteiger partial charge < -0.3 is 5.11 Å². The van der Waals surface area contributed by atoms with Crippen molar-refractivity contribution in [3.8, 4) is 5.75 Å². The monoisotopic (exact) mass is 239 g/mol. The molecule has 0 saturated heterocycles. The van der Waals surface area contributed by atoms with Gasteiger partial charge in [-0.3, -0.25) is 0 Å². The fourth-order valence-corrected chi connectivity index (χ4v) is 1.53. The molecule has 0 bridgehead atoms. The van der Waals surface area contributed by atoms with Crippen LogP contribution in [0.3, 0.4) is 0 Å². The van der Waals surface area contributed by atoms with Crippen LogP contribution in [0.1, 0.15) is 26.3 Å². The van der Waals surface area contributed by atoms with Crippen molar-refractivity contribution in [2.75, 3.05) is 0 Å². The van der Waals surface area contributed by atoms with Crippen molar-refractivity contribution in [3.05, 3.63) is 29.8 Å². The van der Waals surface area contributed by atoms with Crippen molar-refractivity contribution >= 4 is 17.2 Å². The Kier molecular flexibility index (Phi) is 4.24. The molecule has 0 saturated carbocycles. The van der Waals surface area contributed by atoms with Crippen LogP contribution in [0.4, 0.5) is 0 Å². The molecular formula is C12H17NO2S. The SMILES string of the molecule is CC(C)(C)[S@@](=O)/N=C\Cc1ccc(O)cc1. The number of nitrogens with zero attached hydrogens (tertiary/aromatic N) is 1. The molecule has 1 aromatic carbocycles. The van der Waals surface area contributed by atoms with E-state index in [1.165, 1.54) is 0 Å². The molecule has 4 heteroatoms. The zero-order valence-electron chi connectivity index (χ0n) is 9.80. The minimum Gasteiger partial charge on any atom is -0.508 e. The van der Waals surface area contributed by atoms with Crippen molar-refractivity contribution in [1.29, 1.82) is 0 Å². The highest BCUT2D eigenvalue weighted by atomic mass is 32.2. The summed E-state index contributed by atoms with van der Waals surface area (Å²) in [5, 5.41) is 9.09. The second-order valence-corrected chi connectivity index (χ2v) is 6.45. The third-order valence-corrected chi connectivity index (χ3v) is 3.35. The van der Waals surface area contributed by atoms with E-state index in [1.54, 1.807) is 18.3 Å². The standard InChI is InChI=1S/C12H17NO2S/c1-12(2,3)16(15)13-9-8-10-4-6-11(14)7-5-10/h4-7,9,14H,8H2,1-3H3/b13-9-/t16-/m1/s1. The lowest BCUT2D eigenvalue weighted by atomic mass is 10.2. The third kappa shape index (κ3) is 4.14. The van der Waals surface area contributed by atoms with Crippen molar-refractivity contribution in [2.24, 2.45) is 4.40 Å². The average Bonchev–Trinajstić information content (AvgIpc) is 2.19. The Morgan fingerprint density at radius 2 is 1.88 bits per heavy atom. The normalized spacial score (nSPS) is 14.2. The minimum atomic E-state index is -1.20. The van der Waals surface area contributed by atoms with Gasteiger partial charge in [0.05, 0.1) is 4.75 Å². The summed E-state index contributed by atoms with van der Waals surface area (Å²) in [6.45, 7) is 5.67. The molecule has 0 heterocycles. The van der Waals surface area contributed by atoms with Crippen LogP contribution in [-0.2, 0) is 17.4 Å². The highest BCUT2D eigenvalue weighted by molar-refractivity contribution is 7.85. The number of hydrogen-bond acceptors (Lipinski definition) is 2. The van der Waals surface area contributed by atoms with Crippen LogP contribution in [0.2, 0.25) is 0 Å². The Labute approximate surface area is 98.8 Å². The van der Waals surface area contributed by atoms with Gasteiger partial charge in [-0.05, 0) is 38.5 Å². The largest absolute Gasteiger partial charge is 0.508 e. The molecule has 3 nitrogen and oxygen atoms in total. The predicted octanol–water partition coefficient (Wildman–Crippen LogP) is 2.47. The maximum Gasteiger partial charge on any atom is 0.144 e. The summed E-state index contributed by atoms with van der Waals surface area (Å²) in [5.74, 6) is 0.249. The Bertz CT molecular complexity index is 390. The third-order valence-electron chi connectivity index (χ3n) is 1.96. The van der Waals surface area contributed by atoms with E-state index in [0.29, 0.717) is 6.42 Å². The summed E-state index contributed by atoms with van der Waals surface area (Å²) in [5.41, 5.74) is 1.03. The summed E-state index contributed by atoms with van der Waals surface area (Å²) in [7, 11) is -1.20. The Morgan fingerprint density at radius 3 is 2.38 bits per heavy atom. The first-order valence-corrected chi connectivity index (χ1v) is 6.23. The average molecular weight is 239 g/mol. The van der Waals surface area contributed by atoms with E-state index in [1.807, 2.05) is 32.9 Å². The van der Waals surface area contributed by atoms with Crippen LogP contribution in [0.15, 0.2) is 28.7 Å². The van der Waals surface area contributed by atoms with Crippen LogP contribution < -0.4 is 0 Å². The van der Waals surface area contributed by atoms with E-state index in [9.17, 15) is 4.21 Å². The van der Waals surface area contributed by atoms with Crippen LogP contribution in [0.5, 0.6) is 5.75 Å². The van der Waals surface area contributed by atoms with E-state index in [0.717, 1.165) is 5.56 Å². The van der Waals surface area contributed by atoms with Gasteiger partial charge in [-0.15, -0.1) is 0 Å². The smallest absolute Gasteiger partial charge is 0.144 e. The van der Waals surface area contributed by atoms with E-state index in [4.69, 9.17) is 5.11 Å². The maximum atomic E-state index is 11.6. The maximum absolute atomic E-state index is 11.6. The molecule has 0 aliphatic carbocycles. The molecule has 0 aromatic heterocycles. The lowest BCUT2D eigenvalue weighted by Gasteiger charge is -2.12. The van der Waals surface area contributed by atoms with E-state index >= 15 is 0 Å². The van der Waals surface area contributed by atoms with Gasteiger partial charge in [-0.1, -0.05) is 12.1 Å². The van der Waals surface area contributed by atoms with Crippen LogP contribution in [0.25, 0.3) is 0 Å². The number of rotatable bonds is 3. The lowest BCUT2D eigenvalue weighted by molar-refractivity contribution is 0.475. The van der Waals surface area contributed by atoms with Crippen LogP contribution >= 0.6 is 0 Å². The first-order chi connectivity index (χ1) is 7.39. The van der Waals surface area contributed by atoms with E-state index in [-0.39, 0.29) is 10.5 Å². The van der Waals surface area contributed by atoms with Crippen molar-refractivity contribution in [3.63, 3.8) is 0 Å². The zero-order chi connectivity index (χ0) is 12.2. The van der Waals surface area contributed by atoms with Crippen molar-refractivity contribution < 1.29 is 9.32 Å². The number of phenolic OH excluding ortho intramolecular Hbond substituents is 1. The van der Waals surface area contributed by atoms with Gasteiger partial charge >= 0.3 is 0 Å². The van der Waals surface area contributed by atoms with Gasteiger partial charge in [0.15, 0.2) is 0 Å². The number of aromatic hydroxyl groups is 1. The minimum absolute atomic E-state index is 0.249. The fourth-order valence-electron chi connectivity index (χ4n) is 1.00. The first-order valence-electron chi connectivity index (χ1n) is 5.12.